The maximum absolute atomic E-state index is 10.8. The zero-order valence-corrected chi connectivity index (χ0v) is 14.0. The average molecular weight is 337 g/mol. The molecule has 1 N–H and O–H groups in total. The summed E-state index contributed by atoms with van der Waals surface area (Å²) in [5.74, 6) is 0. The lowest BCUT2D eigenvalue weighted by molar-refractivity contribution is 0.0554. The predicted molar refractivity (Wildman–Crippen MR) is 84.7 cm³/mol. The van der Waals surface area contributed by atoms with Gasteiger partial charge in [-0.05, 0) is 47.3 Å². The Kier molecular flexibility index (Phi) is 4.35. The van der Waals surface area contributed by atoms with E-state index in [0.717, 1.165) is 27.8 Å². The lowest BCUT2D eigenvalue weighted by Crippen LogP contribution is -2.25. The summed E-state index contributed by atoms with van der Waals surface area (Å²) in [4.78, 5) is 0. The van der Waals surface area contributed by atoms with Crippen LogP contribution < -0.4 is 0 Å². The number of halogens is 1. The summed E-state index contributed by atoms with van der Waals surface area (Å²) in [5.41, 5.74) is 3.25. The Bertz CT molecular complexity index is 600. The van der Waals surface area contributed by atoms with Crippen LogP contribution in [0.15, 0.2) is 28.7 Å². The highest BCUT2D eigenvalue weighted by Gasteiger charge is 2.27. The lowest BCUT2D eigenvalue weighted by atomic mass is 9.90. The van der Waals surface area contributed by atoms with Crippen molar-refractivity contribution in [1.82, 2.24) is 9.78 Å². The molecule has 2 rings (SSSR count). The molecule has 1 aromatic carbocycles. The molecule has 0 aliphatic carbocycles. The molecule has 0 bridgehead atoms. The van der Waals surface area contributed by atoms with Crippen molar-refractivity contribution in [2.24, 2.45) is 7.05 Å². The fraction of sp³-hybridized carbons (Fsp3) is 0.438. The van der Waals surface area contributed by atoms with E-state index in [1.165, 1.54) is 5.56 Å². The topological polar surface area (TPSA) is 38.1 Å². The fourth-order valence-corrected chi connectivity index (χ4v) is 2.88. The van der Waals surface area contributed by atoms with Gasteiger partial charge in [-0.15, -0.1) is 0 Å². The Balaban J connectivity index is 2.29. The first-order valence-electron chi connectivity index (χ1n) is 6.85. The van der Waals surface area contributed by atoms with Gasteiger partial charge in [0.2, 0.25) is 0 Å². The standard InChI is InChI=1S/C16H21BrN2O/c1-5-12-6-8-13(9-7-12)16(3,20)10-14-15(17)11(2)18-19(14)4/h6-9,20H,5,10H2,1-4H3. The third kappa shape index (κ3) is 2.96. The van der Waals surface area contributed by atoms with Crippen LogP contribution in [0.5, 0.6) is 0 Å². The molecule has 0 saturated carbocycles. The van der Waals surface area contributed by atoms with Crippen molar-refractivity contribution in [3.63, 3.8) is 0 Å². The second kappa shape index (κ2) is 5.70. The summed E-state index contributed by atoms with van der Waals surface area (Å²) in [7, 11) is 1.91. The molecule has 1 heterocycles. The largest absolute Gasteiger partial charge is 0.385 e. The fourth-order valence-electron chi connectivity index (χ4n) is 2.40. The minimum Gasteiger partial charge on any atom is -0.385 e. The minimum atomic E-state index is -0.908. The molecule has 1 atom stereocenters. The Morgan fingerprint density at radius 1 is 1.30 bits per heavy atom. The van der Waals surface area contributed by atoms with E-state index in [2.05, 4.69) is 40.1 Å². The van der Waals surface area contributed by atoms with E-state index < -0.39 is 5.60 Å². The van der Waals surface area contributed by atoms with Crippen LogP contribution in [0.25, 0.3) is 0 Å². The first kappa shape index (κ1) is 15.3. The monoisotopic (exact) mass is 336 g/mol. The SMILES string of the molecule is CCc1ccc(C(C)(O)Cc2c(Br)c(C)nn2C)cc1. The molecule has 0 aliphatic rings. The summed E-state index contributed by atoms with van der Waals surface area (Å²) in [6.45, 7) is 5.93. The maximum atomic E-state index is 10.8. The van der Waals surface area contributed by atoms with Gasteiger partial charge in [0.1, 0.15) is 0 Å². The molecule has 0 aliphatic heterocycles. The van der Waals surface area contributed by atoms with Crippen LogP contribution in [0.2, 0.25) is 0 Å². The van der Waals surface area contributed by atoms with Gasteiger partial charge in [0, 0.05) is 13.5 Å². The zero-order valence-electron chi connectivity index (χ0n) is 12.4. The summed E-state index contributed by atoms with van der Waals surface area (Å²) in [6, 6.07) is 8.17. The Hall–Kier alpha value is -1.13. The van der Waals surface area contributed by atoms with Gasteiger partial charge in [0.05, 0.1) is 21.5 Å². The molecule has 1 aromatic heterocycles. The summed E-state index contributed by atoms with van der Waals surface area (Å²) < 4.78 is 2.80. The molecule has 0 fully saturated rings. The number of aromatic nitrogens is 2. The molecule has 0 saturated heterocycles. The van der Waals surface area contributed by atoms with Crippen LogP contribution in [0.3, 0.4) is 0 Å². The van der Waals surface area contributed by atoms with Crippen LogP contribution in [-0.2, 0) is 25.5 Å². The predicted octanol–water partition coefficient (Wildman–Crippen LogP) is 3.50. The van der Waals surface area contributed by atoms with Crippen molar-refractivity contribution in [2.45, 2.75) is 39.2 Å². The number of hydrogen-bond donors (Lipinski definition) is 1. The highest BCUT2D eigenvalue weighted by Crippen LogP contribution is 2.30. The molecule has 4 heteroatoms. The summed E-state index contributed by atoms with van der Waals surface area (Å²) in [6.07, 6.45) is 1.53. The first-order chi connectivity index (χ1) is 9.35. The molecule has 0 radical (unpaired) electrons. The van der Waals surface area contributed by atoms with E-state index in [-0.39, 0.29) is 0 Å². The van der Waals surface area contributed by atoms with Crippen LogP contribution >= 0.6 is 15.9 Å². The number of rotatable bonds is 4. The van der Waals surface area contributed by atoms with E-state index in [9.17, 15) is 5.11 Å². The normalized spacial score (nSPS) is 14.3. The molecule has 0 spiro atoms. The van der Waals surface area contributed by atoms with Gasteiger partial charge in [-0.2, -0.15) is 5.10 Å². The van der Waals surface area contributed by atoms with E-state index in [1.54, 1.807) is 0 Å². The number of aryl methyl sites for hydroxylation is 3. The smallest absolute Gasteiger partial charge is 0.0924 e. The van der Waals surface area contributed by atoms with Crippen molar-refractivity contribution < 1.29 is 5.11 Å². The molecule has 108 valence electrons. The second-order valence-corrected chi connectivity index (χ2v) is 6.26. The molecule has 2 aromatic rings. The average Bonchev–Trinajstić information content (AvgIpc) is 2.65. The van der Waals surface area contributed by atoms with Crippen LogP contribution in [0.4, 0.5) is 0 Å². The molecule has 0 amide bonds. The van der Waals surface area contributed by atoms with Gasteiger partial charge >= 0.3 is 0 Å². The van der Waals surface area contributed by atoms with Crippen molar-refractivity contribution in [2.75, 3.05) is 0 Å². The van der Waals surface area contributed by atoms with Gasteiger partial charge in [-0.25, -0.2) is 0 Å². The van der Waals surface area contributed by atoms with Gasteiger partial charge < -0.3 is 5.11 Å². The molecule has 20 heavy (non-hydrogen) atoms. The van der Waals surface area contributed by atoms with E-state index in [0.29, 0.717) is 6.42 Å². The maximum Gasteiger partial charge on any atom is 0.0924 e. The van der Waals surface area contributed by atoms with Crippen molar-refractivity contribution >= 4 is 15.9 Å². The Labute approximate surface area is 128 Å². The molecule has 3 nitrogen and oxygen atoms in total. The van der Waals surface area contributed by atoms with Crippen LogP contribution in [0.1, 0.15) is 36.4 Å². The number of hydrogen-bond acceptors (Lipinski definition) is 2. The van der Waals surface area contributed by atoms with Crippen LogP contribution in [-0.4, -0.2) is 14.9 Å². The van der Waals surface area contributed by atoms with Gasteiger partial charge in [0.15, 0.2) is 0 Å². The van der Waals surface area contributed by atoms with Crippen molar-refractivity contribution in [1.29, 1.82) is 0 Å². The van der Waals surface area contributed by atoms with E-state index in [1.807, 2.05) is 37.7 Å². The number of benzene rings is 1. The Morgan fingerprint density at radius 3 is 2.35 bits per heavy atom. The van der Waals surface area contributed by atoms with Gasteiger partial charge in [-0.3, -0.25) is 4.68 Å². The molecule has 1 unspecified atom stereocenters. The highest BCUT2D eigenvalue weighted by molar-refractivity contribution is 9.10. The quantitative estimate of drug-likeness (QED) is 0.927. The summed E-state index contributed by atoms with van der Waals surface area (Å²) >= 11 is 3.55. The number of aliphatic hydroxyl groups is 1. The highest BCUT2D eigenvalue weighted by atomic mass is 79.9. The van der Waals surface area contributed by atoms with Gasteiger partial charge in [-0.1, -0.05) is 31.2 Å². The third-order valence-corrected chi connectivity index (χ3v) is 4.79. The van der Waals surface area contributed by atoms with Gasteiger partial charge in [0.25, 0.3) is 0 Å². The third-order valence-electron chi connectivity index (χ3n) is 3.76. The Morgan fingerprint density at radius 2 is 1.90 bits per heavy atom. The van der Waals surface area contributed by atoms with Crippen molar-refractivity contribution in [3.05, 3.63) is 51.3 Å². The molecular weight excluding hydrogens is 316 g/mol. The number of nitrogens with zero attached hydrogens (tertiary/aromatic N) is 2. The minimum absolute atomic E-state index is 0.524. The van der Waals surface area contributed by atoms with E-state index >= 15 is 0 Å². The van der Waals surface area contributed by atoms with E-state index in [4.69, 9.17) is 0 Å². The molecular formula is C16H21BrN2O. The first-order valence-corrected chi connectivity index (χ1v) is 7.64. The lowest BCUT2D eigenvalue weighted by Gasteiger charge is -2.24. The van der Waals surface area contributed by atoms with Crippen LogP contribution in [0, 0.1) is 6.92 Å². The van der Waals surface area contributed by atoms with Crippen molar-refractivity contribution in [3.8, 4) is 0 Å². The summed E-state index contributed by atoms with van der Waals surface area (Å²) in [5, 5.41) is 15.2. The second-order valence-electron chi connectivity index (χ2n) is 5.47. The zero-order chi connectivity index (χ0) is 14.9.